The zero-order valence-corrected chi connectivity index (χ0v) is 12.4. The van der Waals surface area contributed by atoms with Gasteiger partial charge >= 0.3 is 0 Å². The Labute approximate surface area is 118 Å². The van der Waals surface area contributed by atoms with Gasteiger partial charge in [-0.15, -0.1) is 0 Å². The monoisotopic (exact) mass is 310 g/mol. The number of benzene rings is 1. The lowest BCUT2D eigenvalue weighted by Crippen LogP contribution is -2.10. The highest BCUT2D eigenvalue weighted by atomic mass is 35.5. The topological polar surface area (TPSA) is 54.4 Å². The Kier molecular flexibility index (Phi) is 5.92. The Morgan fingerprint density at radius 2 is 1.83 bits per heavy atom. The summed E-state index contributed by atoms with van der Waals surface area (Å²) in [5.41, 5.74) is 0.467. The first kappa shape index (κ1) is 15.8. The van der Waals surface area contributed by atoms with Gasteiger partial charge in [-0.25, -0.2) is 8.42 Å². The average Bonchev–Trinajstić information content (AvgIpc) is 2.28. The first-order valence-electron chi connectivity index (χ1n) is 5.69. The van der Waals surface area contributed by atoms with Crippen molar-refractivity contribution >= 4 is 33.0 Å². The number of aliphatic hydroxyl groups excluding tert-OH is 1. The van der Waals surface area contributed by atoms with E-state index in [0.29, 0.717) is 28.5 Å². The minimum atomic E-state index is -2.99. The number of halogens is 2. The lowest BCUT2D eigenvalue weighted by atomic mass is 10.1. The fourth-order valence-electron chi connectivity index (χ4n) is 1.61. The highest BCUT2D eigenvalue weighted by Gasteiger charge is 2.16. The van der Waals surface area contributed by atoms with Crippen molar-refractivity contribution in [3.05, 3.63) is 33.8 Å². The minimum absolute atomic E-state index is 0.0721. The summed E-state index contributed by atoms with van der Waals surface area (Å²) in [6.07, 6.45) is -0.125. The smallest absolute Gasteiger partial charge is 0.150 e. The lowest BCUT2D eigenvalue weighted by molar-refractivity contribution is 0.167. The molecule has 0 fully saturated rings. The Morgan fingerprint density at radius 3 is 2.33 bits per heavy atom. The van der Waals surface area contributed by atoms with Gasteiger partial charge in [0.1, 0.15) is 9.84 Å². The van der Waals surface area contributed by atoms with Crippen molar-refractivity contribution in [2.45, 2.75) is 25.9 Å². The highest BCUT2D eigenvalue weighted by molar-refractivity contribution is 7.91. The van der Waals surface area contributed by atoms with Crippen molar-refractivity contribution in [2.75, 3.05) is 11.5 Å². The van der Waals surface area contributed by atoms with Crippen LogP contribution in [0.5, 0.6) is 0 Å². The second kappa shape index (κ2) is 6.75. The van der Waals surface area contributed by atoms with E-state index < -0.39 is 15.9 Å². The number of aliphatic hydroxyl groups is 1. The van der Waals surface area contributed by atoms with Crippen LogP contribution >= 0.6 is 23.2 Å². The van der Waals surface area contributed by atoms with Crippen molar-refractivity contribution in [1.29, 1.82) is 0 Å². The van der Waals surface area contributed by atoms with Gasteiger partial charge in [0.2, 0.25) is 0 Å². The SMILES string of the molecule is CCS(=O)(=O)CCCC(O)c1c(Cl)cccc1Cl. The predicted octanol–water partition coefficient (Wildman–Crippen LogP) is 3.24. The van der Waals surface area contributed by atoms with Crippen LogP contribution in [0.1, 0.15) is 31.4 Å². The standard InChI is InChI=1S/C12H16Cl2O3S/c1-2-18(16,17)8-4-7-11(15)12-9(13)5-3-6-10(12)14/h3,5-6,11,15H,2,4,7-8H2,1H3. The fourth-order valence-corrected chi connectivity index (χ4v) is 3.16. The second-order valence-electron chi connectivity index (χ2n) is 4.03. The first-order chi connectivity index (χ1) is 8.37. The maximum absolute atomic E-state index is 11.3. The quantitative estimate of drug-likeness (QED) is 0.877. The molecule has 0 aliphatic carbocycles. The van der Waals surface area contributed by atoms with Gasteiger partial charge in [0.05, 0.1) is 11.9 Å². The fraction of sp³-hybridized carbons (Fsp3) is 0.500. The molecule has 0 bridgehead atoms. The number of sulfone groups is 1. The molecule has 0 heterocycles. The van der Waals surface area contributed by atoms with Gasteiger partial charge in [-0.2, -0.15) is 0 Å². The molecule has 0 saturated heterocycles. The van der Waals surface area contributed by atoms with Gasteiger partial charge in [-0.1, -0.05) is 36.2 Å². The normalized spacial score (nSPS) is 13.6. The molecule has 0 aliphatic rings. The van der Waals surface area contributed by atoms with E-state index in [2.05, 4.69) is 0 Å². The molecular formula is C12H16Cl2O3S. The molecule has 3 nitrogen and oxygen atoms in total. The molecule has 0 saturated carbocycles. The zero-order chi connectivity index (χ0) is 13.8. The van der Waals surface area contributed by atoms with Crippen LogP contribution in [0.15, 0.2) is 18.2 Å². The summed E-state index contributed by atoms with van der Waals surface area (Å²) in [4.78, 5) is 0. The summed E-state index contributed by atoms with van der Waals surface area (Å²) < 4.78 is 22.6. The lowest BCUT2D eigenvalue weighted by Gasteiger charge is -2.14. The molecule has 0 aromatic heterocycles. The van der Waals surface area contributed by atoms with E-state index in [-0.39, 0.29) is 11.5 Å². The molecule has 0 spiro atoms. The predicted molar refractivity (Wildman–Crippen MR) is 75.0 cm³/mol. The summed E-state index contributed by atoms with van der Waals surface area (Å²) in [6, 6.07) is 4.99. The maximum Gasteiger partial charge on any atom is 0.150 e. The number of rotatable bonds is 6. The Morgan fingerprint density at radius 1 is 1.28 bits per heavy atom. The Balaban J connectivity index is 2.64. The van der Waals surface area contributed by atoms with Crippen molar-refractivity contribution in [2.24, 2.45) is 0 Å². The van der Waals surface area contributed by atoms with Crippen LogP contribution in [0.3, 0.4) is 0 Å². The number of hydrogen-bond donors (Lipinski definition) is 1. The minimum Gasteiger partial charge on any atom is -0.388 e. The molecule has 0 amide bonds. The Hall–Kier alpha value is -0.290. The van der Waals surface area contributed by atoms with Crippen molar-refractivity contribution in [3.63, 3.8) is 0 Å². The van der Waals surface area contributed by atoms with E-state index in [9.17, 15) is 13.5 Å². The molecular weight excluding hydrogens is 295 g/mol. The first-order valence-corrected chi connectivity index (χ1v) is 8.27. The molecule has 1 aromatic rings. The van der Waals surface area contributed by atoms with Crippen LogP contribution in [-0.2, 0) is 9.84 Å². The van der Waals surface area contributed by atoms with Crippen LogP contribution in [0.25, 0.3) is 0 Å². The summed E-state index contributed by atoms with van der Waals surface area (Å²) in [5, 5.41) is 10.8. The van der Waals surface area contributed by atoms with Gasteiger partial charge in [-0.3, -0.25) is 0 Å². The third-order valence-corrected chi connectivity index (χ3v) is 5.16. The molecule has 0 aliphatic heterocycles. The van der Waals surface area contributed by atoms with Gasteiger partial charge in [0.25, 0.3) is 0 Å². The zero-order valence-electron chi connectivity index (χ0n) is 10.1. The van der Waals surface area contributed by atoms with Crippen LogP contribution < -0.4 is 0 Å². The van der Waals surface area contributed by atoms with Crippen LogP contribution in [0.4, 0.5) is 0 Å². The largest absolute Gasteiger partial charge is 0.388 e. The van der Waals surface area contributed by atoms with E-state index in [1.807, 2.05) is 0 Å². The summed E-state index contributed by atoms with van der Waals surface area (Å²) >= 11 is 11.9. The van der Waals surface area contributed by atoms with Gasteiger partial charge in [-0.05, 0) is 25.0 Å². The second-order valence-corrected chi connectivity index (χ2v) is 7.32. The summed E-state index contributed by atoms with van der Waals surface area (Å²) in [5.74, 6) is 0.193. The summed E-state index contributed by atoms with van der Waals surface area (Å²) in [6.45, 7) is 1.61. The van der Waals surface area contributed by atoms with Crippen molar-refractivity contribution in [3.8, 4) is 0 Å². The third kappa shape index (κ3) is 4.43. The van der Waals surface area contributed by atoms with E-state index in [1.54, 1.807) is 25.1 Å². The maximum atomic E-state index is 11.3. The molecule has 18 heavy (non-hydrogen) atoms. The van der Waals surface area contributed by atoms with Gasteiger partial charge in [0, 0.05) is 21.4 Å². The molecule has 1 unspecified atom stereocenters. The van der Waals surface area contributed by atoms with Crippen LogP contribution in [-0.4, -0.2) is 25.0 Å². The van der Waals surface area contributed by atoms with E-state index in [0.717, 1.165) is 0 Å². The van der Waals surface area contributed by atoms with Gasteiger partial charge < -0.3 is 5.11 Å². The van der Waals surface area contributed by atoms with E-state index in [4.69, 9.17) is 23.2 Å². The molecule has 1 N–H and O–H groups in total. The third-order valence-electron chi connectivity index (χ3n) is 2.71. The Bertz CT molecular complexity index is 480. The van der Waals surface area contributed by atoms with Crippen molar-refractivity contribution in [1.82, 2.24) is 0 Å². The molecule has 6 heteroatoms. The molecule has 1 rings (SSSR count). The molecule has 1 atom stereocenters. The summed E-state index contributed by atoms with van der Waals surface area (Å²) in [7, 11) is -2.99. The van der Waals surface area contributed by atoms with Gasteiger partial charge in [0.15, 0.2) is 0 Å². The van der Waals surface area contributed by atoms with Crippen LogP contribution in [0.2, 0.25) is 10.0 Å². The molecule has 1 aromatic carbocycles. The molecule has 102 valence electrons. The number of hydrogen-bond acceptors (Lipinski definition) is 3. The average molecular weight is 311 g/mol. The van der Waals surface area contributed by atoms with E-state index >= 15 is 0 Å². The van der Waals surface area contributed by atoms with Crippen molar-refractivity contribution < 1.29 is 13.5 Å². The molecule has 0 radical (unpaired) electrons. The highest BCUT2D eigenvalue weighted by Crippen LogP contribution is 2.32. The van der Waals surface area contributed by atoms with Crippen LogP contribution in [0, 0.1) is 0 Å². The van der Waals surface area contributed by atoms with E-state index in [1.165, 1.54) is 0 Å².